The van der Waals surface area contributed by atoms with Gasteiger partial charge in [0.25, 0.3) is 0 Å². The lowest BCUT2D eigenvalue weighted by Gasteiger charge is -2.23. The van der Waals surface area contributed by atoms with Crippen molar-refractivity contribution in [2.45, 2.75) is 49.9 Å². The maximum atomic E-state index is 3.78. The second-order valence-corrected chi connectivity index (χ2v) is 5.17. The molecular formula is C9H17NS. The third-order valence-electron chi connectivity index (χ3n) is 2.93. The van der Waals surface area contributed by atoms with E-state index in [0.717, 1.165) is 6.04 Å². The van der Waals surface area contributed by atoms with Crippen LogP contribution in [0.25, 0.3) is 0 Å². The van der Waals surface area contributed by atoms with E-state index in [2.05, 4.69) is 24.0 Å². The third-order valence-corrected chi connectivity index (χ3v) is 4.58. The SMILES string of the molecule is CCC1CSC2(CCCC2)N1. The molecule has 0 bridgehead atoms. The quantitative estimate of drug-likeness (QED) is 0.650. The third kappa shape index (κ3) is 1.43. The lowest BCUT2D eigenvalue weighted by Crippen LogP contribution is -2.38. The van der Waals surface area contributed by atoms with Crippen LogP contribution in [0.1, 0.15) is 39.0 Å². The van der Waals surface area contributed by atoms with Crippen LogP contribution >= 0.6 is 11.8 Å². The molecule has 64 valence electrons. The second-order valence-electron chi connectivity index (χ2n) is 3.76. The fraction of sp³-hybridized carbons (Fsp3) is 1.00. The topological polar surface area (TPSA) is 12.0 Å². The van der Waals surface area contributed by atoms with Gasteiger partial charge in [0.1, 0.15) is 0 Å². The van der Waals surface area contributed by atoms with Crippen molar-refractivity contribution in [2.75, 3.05) is 5.75 Å². The van der Waals surface area contributed by atoms with E-state index in [-0.39, 0.29) is 0 Å². The number of hydrogen-bond acceptors (Lipinski definition) is 2. The van der Waals surface area contributed by atoms with Crippen LogP contribution in [0.15, 0.2) is 0 Å². The smallest absolute Gasteiger partial charge is 0.0648 e. The number of hydrogen-bond donors (Lipinski definition) is 1. The van der Waals surface area contributed by atoms with Gasteiger partial charge in [-0.2, -0.15) is 0 Å². The molecule has 1 heterocycles. The summed E-state index contributed by atoms with van der Waals surface area (Å²) < 4.78 is 0. The first-order valence-electron chi connectivity index (χ1n) is 4.76. The van der Waals surface area contributed by atoms with Gasteiger partial charge in [-0.25, -0.2) is 0 Å². The molecule has 1 saturated carbocycles. The lowest BCUT2D eigenvalue weighted by atomic mass is 10.2. The van der Waals surface area contributed by atoms with Crippen LogP contribution in [0.2, 0.25) is 0 Å². The highest BCUT2D eigenvalue weighted by molar-refractivity contribution is 8.00. The number of rotatable bonds is 1. The molecule has 1 unspecified atom stereocenters. The zero-order chi connectivity index (χ0) is 7.73. The van der Waals surface area contributed by atoms with Crippen molar-refractivity contribution in [2.24, 2.45) is 0 Å². The van der Waals surface area contributed by atoms with Gasteiger partial charge in [0, 0.05) is 11.8 Å². The van der Waals surface area contributed by atoms with Crippen LogP contribution in [0.3, 0.4) is 0 Å². The number of thioether (sulfide) groups is 1. The molecule has 2 heteroatoms. The maximum absolute atomic E-state index is 3.78. The summed E-state index contributed by atoms with van der Waals surface area (Å²) in [5, 5.41) is 3.78. The van der Waals surface area contributed by atoms with Crippen LogP contribution in [-0.2, 0) is 0 Å². The summed E-state index contributed by atoms with van der Waals surface area (Å²) in [7, 11) is 0. The van der Waals surface area contributed by atoms with Crippen molar-refractivity contribution in [1.29, 1.82) is 0 Å². The van der Waals surface area contributed by atoms with Gasteiger partial charge < -0.3 is 0 Å². The minimum Gasteiger partial charge on any atom is -0.299 e. The summed E-state index contributed by atoms with van der Waals surface area (Å²) in [6, 6.07) is 0.804. The van der Waals surface area contributed by atoms with Gasteiger partial charge in [-0.05, 0) is 19.3 Å². The largest absolute Gasteiger partial charge is 0.299 e. The van der Waals surface area contributed by atoms with E-state index in [9.17, 15) is 0 Å². The molecule has 0 aromatic carbocycles. The van der Waals surface area contributed by atoms with Crippen LogP contribution < -0.4 is 5.32 Å². The zero-order valence-electron chi connectivity index (χ0n) is 7.23. The van der Waals surface area contributed by atoms with Gasteiger partial charge in [-0.3, -0.25) is 5.32 Å². The van der Waals surface area contributed by atoms with Crippen molar-refractivity contribution < 1.29 is 0 Å². The second kappa shape index (κ2) is 2.98. The molecule has 1 aliphatic carbocycles. The Labute approximate surface area is 73.3 Å². The summed E-state index contributed by atoms with van der Waals surface area (Å²) >= 11 is 2.17. The van der Waals surface area contributed by atoms with Gasteiger partial charge in [0.05, 0.1) is 4.87 Å². The van der Waals surface area contributed by atoms with Crippen molar-refractivity contribution in [3.05, 3.63) is 0 Å². The molecule has 0 amide bonds. The molecule has 1 atom stereocenters. The minimum absolute atomic E-state index is 0.528. The Bertz CT molecular complexity index is 140. The zero-order valence-corrected chi connectivity index (χ0v) is 8.04. The van der Waals surface area contributed by atoms with Crippen LogP contribution in [0, 0.1) is 0 Å². The average molecular weight is 171 g/mol. The first kappa shape index (κ1) is 7.93. The van der Waals surface area contributed by atoms with Crippen molar-refractivity contribution in [1.82, 2.24) is 5.32 Å². The average Bonchev–Trinajstić information content (AvgIpc) is 2.62. The summed E-state index contributed by atoms with van der Waals surface area (Å²) in [6.07, 6.45) is 7.00. The summed E-state index contributed by atoms with van der Waals surface area (Å²) in [5.74, 6) is 1.34. The minimum atomic E-state index is 0.528. The first-order valence-corrected chi connectivity index (χ1v) is 5.75. The Balaban J connectivity index is 1.96. The van der Waals surface area contributed by atoms with Gasteiger partial charge in [0.2, 0.25) is 0 Å². The van der Waals surface area contributed by atoms with E-state index in [1.807, 2.05) is 0 Å². The Hall–Kier alpha value is 0.310. The van der Waals surface area contributed by atoms with Crippen molar-refractivity contribution in [3.8, 4) is 0 Å². The Morgan fingerprint density at radius 1 is 1.45 bits per heavy atom. The molecule has 1 nitrogen and oxygen atoms in total. The molecule has 2 rings (SSSR count). The molecule has 2 aliphatic rings. The Kier molecular flexibility index (Phi) is 2.15. The molecule has 1 N–H and O–H groups in total. The summed E-state index contributed by atoms with van der Waals surface area (Å²) in [5.41, 5.74) is 0. The fourth-order valence-electron chi connectivity index (χ4n) is 2.17. The summed E-state index contributed by atoms with van der Waals surface area (Å²) in [4.78, 5) is 0.528. The predicted molar refractivity (Wildman–Crippen MR) is 50.9 cm³/mol. The fourth-order valence-corrected chi connectivity index (χ4v) is 3.84. The molecule has 1 saturated heterocycles. The van der Waals surface area contributed by atoms with Crippen molar-refractivity contribution in [3.63, 3.8) is 0 Å². The highest BCUT2D eigenvalue weighted by Crippen LogP contribution is 2.43. The van der Waals surface area contributed by atoms with Gasteiger partial charge in [-0.1, -0.05) is 19.8 Å². The molecule has 0 radical (unpaired) electrons. The first-order chi connectivity index (χ1) is 5.35. The van der Waals surface area contributed by atoms with Crippen molar-refractivity contribution >= 4 is 11.8 Å². The van der Waals surface area contributed by atoms with Crippen LogP contribution in [-0.4, -0.2) is 16.7 Å². The molecular weight excluding hydrogens is 154 g/mol. The van der Waals surface area contributed by atoms with Crippen LogP contribution in [0.5, 0.6) is 0 Å². The number of nitrogens with one attached hydrogen (secondary N) is 1. The standard InChI is InChI=1S/C9H17NS/c1-2-8-7-11-9(10-8)5-3-4-6-9/h8,10H,2-7H2,1H3. The lowest BCUT2D eigenvalue weighted by molar-refractivity contribution is 0.439. The van der Waals surface area contributed by atoms with E-state index in [0.29, 0.717) is 4.87 Å². The monoisotopic (exact) mass is 171 g/mol. The van der Waals surface area contributed by atoms with E-state index < -0.39 is 0 Å². The maximum Gasteiger partial charge on any atom is 0.0648 e. The molecule has 1 aliphatic heterocycles. The normalized spacial score (nSPS) is 35.2. The van der Waals surface area contributed by atoms with Gasteiger partial charge in [-0.15, -0.1) is 11.8 Å². The summed E-state index contributed by atoms with van der Waals surface area (Å²) in [6.45, 7) is 2.28. The van der Waals surface area contributed by atoms with Crippen LogP contribution in [0.4, 0.5) is 0 Å². The molecule has 11 heavy (non-hydrogen) atoms. The molecule has 1 spiro atoms. The highest BCUT2D eigenvalue weighted by atomic mass is 32.2. The van der Waals surface area contributed by atoms with E-state index in [1.54, 1.807) is 0 Å². The predicted octanol–water partition coefficient (Wildman–Crippen LogP) is 2.37. The molecule has 0 aromatic heterocycles. The van der Waals surface area contributed by atoms with E-state index in [4.69, 9.17) is 0 Å². The van der Waals surface area contributed by atoms with E-state index >= 15 is 0 Å². The van der Waals surface area contributed by atoms with Gasteiger partial charge >= 0.3 is 0 Å². The Morgan fingerprint density at radius 2 is 2.18 bits per heavy atom. The van der Waals surface area contributed by atoms with Gasteiger partial charge in [0.15, 0.2) is 0 Å². The highest BCUT2D eigenvalue weighted by Gasteiger charge is 2.40. The molecule has 2 fully saturated rings. The molecule has 0 aromatic rings. The van der Waals surface area contributed by atoms with E-state index in [1.165, 1.54) is 37.9 Å². The Morgan fingerprint density at radius 3 is 2.73 bits per heavy atom.